The van der Waals surface area contributed by atoms with Crippen molar-refractivity contribution < 1.29 is 5.11 Å². The van der Waals surface area contributed by atoms with E-state index in [-0.39, 0.29) is 17.4 Å². The molecule has 5 nitrogen and oxygen atoms in total. The number of fused-ring (bicyclic) bond motifs is 4. The number of rotatable bonds is 2. The Balaban J connectivity index is 1.62. The Bertz CT molecular complexity index is 1300. The third-order valence-corrected chi connectivity index (χ3v) is 8.58. The standard InChI is InChI=1S/C26H26N4OS/c1-15-19-8-7-18-22(25-28-13-14-32-25)29-24(30-23(18)26(19,2)11-9-21(15)31)17-10-12-27-20-6-4-3-5-16(17)20/h3-6,10,12-15,19,21,31H,7-9,11H2,1-2H3/t15-,19-,21?,26-/m1/s1. The van der Waals surface area contributed by atoms with Gasteiger partial charge < -0.3 is 5.11 Å². The molecule has 4 atom stereocenters. The molecule has 0 spiro atoms. The number of hydrogen-bond acceptors (Lipinski definition) is 6. The van der Waals surface area contributed by atoms with Crippen molar-refractivity contribution >= 4 is 22.2 Å². The summed E-state index contributed by atoms with van der Waals surface area (Å²) in [7, 11) is 0. The van der Waals surface area contributed by atoms with E-state index in [0.29, 0.717) is 5.92 Å². The summed E-state index contributed by atoms with van der Waals surface area (Å²) in [4.78, 5) is 19.5. The molecular formula is C26H26N4OS. The van der Waals surface area contributed by atoms with Crippen molar-refractivity contribution in [3.05, 3.63) is 59.4 Å². The lowest BCUT2D eigenvalue weighted by molar-refractivity contribution is -0.00869. The Morgan fingerprint density at radius 3 is 2.78 bits per heavy atom. The van der Waals surface area contributed by atoms with E-state index in [1.807, 2.05) is 42.0 Å². The van der Waals surface area contributed by atoms with Gasteiger partial charge in [0.05, 0.1) is 17.3 Å². The zero-order chi connectivity index (χ0) is 21.9. The van der Waals surface area contributed by atoms with Crippen molar-refractivity contribution in [1.82, 2.24) is 19.9 Å². The average molecular weight is 443 g/mol. The quantitative estimate of drug-likeness (QED) is 0.448. The fourth-order valence-electron chi connectivity index (χ4n) is 6.04. The zero-order valence-electron chi connectivity index (χ0n) is 18.3. The predicted molar refractivity (Wildman–Crippen MR) is 127 cm³/mol. The summed E-state index contributed by atoms with van der Waals surface area (Å²) < 4.78 is 0. The number of pyridine rings is 1. The van der Waals surface area contributed by atoms with Crippen molar-refractivity contribution in [3.8, 4) is 22.1 Å². The molecule has 1 N–H and O–H groups in total. The highest BCUT2D eigenvalue weighted by Gasteiger charge is 2.49. The predicted octanol–water partition coefficient (Wildman–Crippen LogP) is 5.43. The van der Waals surface area contributed by atoms with Crippen molar-refractivity contribution in [1.29, 1.82) is 0 Å². The molecule has 3 aromatic heterocycles. The lowest BCUT2D eigenvalue weighted by Gasteiger charge is -2.50. The Morgan fingerprint density at radius 1 is 1.06 bits per heavy atom. The van der Waals surface area contributed by atoms with Crippen LogP contribution in [0, 0.1) is 11.8 Å². The first-order valence-corrected chi connectivity index (χ1v) is 12.3. The second-order valence-electron chi connectivity index (χ2n) is 9.46. The van der Waals surface area contributed by atoms with Gasteiger partial charge in [-0.2, -0.15) is 0 Å². The molecule has 1 aromatic carbocycles. The molecular weight excluding hydrogens is 416 g/mol. The first-order chi connectivity index (χ1) is 15.6. The second kappa shape index (κ2) is 7.42. The highest BCUT2D eigenvalue weighted by atomic mass is 32.1. The van der Waals surface area contributed by atoms with Gasteiger partial charge in [-0.3, -0.25) is 4.98 Å². The zero-order valence-corrected chi connectivity index (χ0v) is 19.1. The first-order valence-electron chi connectivity index (χ1n) is 11.4. The maximum Gasteiger partial charge on any atom is 0.160 e. The van der Waals surface area contributed by atoms with Gasteiger partial charge >= 0.3 is 0 Å². The van der Waals surface area contributed by atoms with Crippen LogP contribution in [0.3, 0.4) is 0 Å². The molecule has 2 aliphatic carbocycles. The number of aliphatic hydroxyl groups is 1. The lowest BCUT2D eigenvalue weighted by Crippen LogP contribution is -2.49. The average Bonchev–Trinajstić information content (AvgIpc) is 3.36. The van der Waals surface area contributed by atoms with Gasteiger partial charge in [-0.1, -0.05) is 32.0 Å². The van der Waals surface area contributed by atoms with Gasteiger partial charge in [-0.15, -0.1) is 11.3 Å². The molecule has 1 fully saturated rings. The molecule has 0 amide bonds. The summed E-state index contributed by atoms with van der Waals surface area (Å²) >= 11 is 1.63. The molecule has 162 valence electrons. The van der Waals surface area contributed by atoms with Crippen LogP contribution in [0.25, 0.3) is 33.0 Å². The number of hydrogen-bond donors (Lipinski definition) is 1. The summed E-state index contributed by atoms with van der Waals surface area (Å²) in [5, 5.41) is 14.6. The molecule has 3 heterocycles. The molecule has 32 heavy (non-hydrogen) atoms. The smallest absolute Gasteiger partial charge is 0.160 e. The fourth-order valence-corrected chi connectivity index (χ4v) is 6.69. The maximum absolute atomic E-state index is 10.6. The van der Waals surface area contributed by atoms with Crippen LogP contribution in [0.15, 0.2) is 48.1 Å². The summed E-state index contributed by atoms with van der Waals surface area (Å²) in [5.74, 6) is 1.43. The van der Waals surface area contributed by atoms with Crippen LogP contribution in [0.4, 0.5) is 0 Å². The Morgan fingerprint density at radius 2 is 1.94 bits per heavy atom. The third kappa shape index (κ3) is 2.93. The molecule has 6 rings (SSSR count). The van der Waals surface area contributed by atoms with Crippen LogP contribution in [-0.4, -0.2) is 31.1 Å². The van der Waals surface area contributed by atoms with Crippen molar-refractivity contribution in [2.24, 2.45) is 11.8 Å². The van der Waals surface area contributed by atoms with E-state index in [9.17, 15) is 5.11 Å². The molecule has 0 saturated heterocycles. The SMILES string of the molecule is C[C@H]1C(O)CC[C@@]2(C)c3nc(-c4ccnc5ccccc45)nc(-c4nccs4)c3CC[C@H]12. The van der Waals surface area contributed by atoms with Gasteiger partial charge in [-0.25, -0.2) is 15.0 Å². The number of aliphatic hydroxyl groups excluding tert-OH is 1. The number of thiazole rings is 1. The molecule has 1 saturated carbocycles. The normalized spacial score (nSPS) is 27.2. The van der Waals surface area contributed by atoms with E-state index in [0.717, 1.165) is 64.4 Å². The number of benzene rings is 1. The van der Waals surface area contributed by atoms with Crippen LogP contribution in [-0.2, 0) is 11.8 Å². The topological polar surface area (TPSA) is 71.8 Å². The summed E-state index contributed by atoms with van der Waals surface area (Å²) in [6, 6.07) is 10.2. The van der Waals surface area contributed by atoms with Gasteiger partial charge in [-0.05, 0) is 49.7 Å². The van der Waals surface area contributed by atoms with Crippen LogP contribution in [0.5, 0.6) is 0 Å². The third-order valence-electron chi connectivity index (χ3n) is 7.80. The highest BCUT2D eigenvalue weighted by molar-refractivity contribution is 7.13. The minimum atomic E-state index is -0.224. The van der Waals surface area contributed by atoms with E-state index in [2.05, 4.69) is 29.9 Å². The highest BCUT2D eigenvalue weighted by Crippen LogP contribution is 2.53. The number of para-hydroxylation sites is 1. The van der Waals surface area contributed by atoms with Gasteiger partial charge in [0.25, 0.3) is 0 Å². The van der Waals surface area contributed by atoms with Crippen LogP contribution >= 0.6 is 11.3 Å². The molecule has 4 aromatic rings. The molecule has 0 aliphatic heterocycles. The monoisotopic (exact) mass is 442 g/mol. The molecule has 6 heteroatoms. The van der Waals surface area contributed by atoms with E-state index >= 15 is 0 Å². The molecule has 2 aliphatic rings. The lowest BCUT2D eigenvalue weighted by atomic mass is 9.56. The largest absolute Gasteiger partial charge is 0.393 e. The molecule has 1 unspecified atom stereocenters. The van der Waals surface area contributed by atoms with E-state index in [1.165, 1.54) is 5.56 Å². The van der Waals surface area contributed by atoms with Crippen molar-refractivity contribution in [3.63, 3.8) is 0 Å². The summed E-state index contributed by atoms with van der Waals surface area (Å²) in [5.41, 5.74) is 5.25. The van der Waals surface area contributed by atoms with Crippen molar-refractivity contribution in [2.75, 3.05) is 0 Å². The van der Waals surface area contributed by atoms with E-state index < -0.39 is 0 Å². The van der Waals surface area contributed by atoms with Gasteiger partial charge in [0, 0.05) is 39.7 Å². The van der Waals surface area contributed by atoms with Crippen LogP contribution < -0.4 is 0 Å². The van der Waals surface area contributed by atoms with E-state index in [4.69, 9.17) is 9.97 Å². The van der Waals surface area contributed by atoms with Gasteiger partial charge in [0.2, 0.25) is 0 Å². The van der Waals surface area contributed by atoms with Gasteiger partial charge in [0.15, 0.2) is 5.82 Å². The minimum absolute atomic E-state index is 0.0707. The Hall–Kier alpha value is -2.70. The molecule has 0 radical (unpaired) electrons. The summed E-state index contributed by atoms with van der Waals surface area (Å²) in [6.07, 6.45) is 7.22. The van der Waals surface area contributed by atoms with E-state index in [1.54, 1.807) is 11.3 Å². The van der Waals surface area contributed by atoms with Crippen LogP contribution in [0.2, 0.25) is 0 Å². The maximum atomic E-state index is 10.6. The van der Waals surface area contributed by atoms with Crippen molar-refractivity contribution in [2.45, 2.75) is 51.0 Å². The number of nitrogens with zero attached hydrogens (tertiary/aromatic N) is 4. The van der Waals surface area contributed by atoms with Crippen LogP contribution in [0.1, 0.15) is 44.4 Å². The molecule has 0 bridgehead atoms. The first kappa shape index (κ1) is 19.9. The second-order valence-corrected chi connectivity index (χ2v) is 10.4. The fraction of sp³-hybridized carbons (Fsp3) is 0.385. The Kier molecular flexibility index (Phi) is 4.63. The summed E-state index contributed by atoms with van der Waals surface area (Å²) in [6.45, 7) is 4.56. The number of aromatic nitrogens is 4. The Labute approximate surface area is 191 Å². The van der Waals surface area contributed by atoms with Gasteiger partial charge in [0.1, 0.15) is 10.7 Å². The minimum Gasteiger partial charge on any atom is -0.393 e.